The van der Waals surface area contributed by atoms with Crippen molar-refractivity contribution in [2.45, 2.75) is 32.3 Å². The predicted molar refractivity (Wildman–Crippen MR) is 101 cm³/mol. The van der Waals surface area contributed by atoms with E-state index in [0.29, 0.717) is 30.1 Å². The number of benzene rings is 1. The highest BCUT2D eigenvalue weighted by atomic mass is 35.5. The van der Waals surface area contributed by atoms with Gasteiger partial charge in [0.1, 0.15) is 11.1 Å². The number of aliphatic hydroxyl groups is 1. The van der Waals surface area contributed by atoms with E-state index in [1.54, 1.807) is 30.3 Å². The number of nitrogens with one attached hydrogen (secondary N) is 1. The highest BCUT2D eigenvalue weighted by Crippen LogP contribution is 2.36. The number of aliphatic hydroxyl groups excluding tert-OH is 1. The largest absolute Gasteiger partial charge is 0.481 e. The number of carbonyl (C=O) groups is 2. The van der Waals surface area contributed by atoms with E-state index in [1.165, 1.54) is 4.90 Å². The molecule has 0 bridgehead atoms. The summed E-state index contributed by atoms with van der Waals surface area (Å²) in [7, 11) is 0. The number of nitrogens with zero attached hydrogens (tertiary/aromatic N) is 2. The third-order valence-corrected chi connectivity index (χ3v) is 5.39. The fourth-order valence-corrected chi connectivity index (χ4v) is 3.76. The molecule has 1 saturated heterocycles. The van der Waals surface area contributed by atoms with Crippen LogP contribution in [-0.4, -0.2) is 56.4 Å². The SMILES string of the molecule is CCC[C@@]1(C(=O)O)CN(C(=O)c2cc(-c3ccc(Cl)cc3)n[nH]2)CC[C@@H]1O. The van der Waals surface area contributed by atoms with Gasteiger partial charge < -0.3 is 15.1 Å². The van der Waals surface area contributed by atoms with Crippen molar-refractivity contribution in [1.29, 1.82) is 0 Å². The van der Waals surface area contributed by atoms with Gasteiger partial charge in [-0.2, -0.15) is 5.10 Å². The summed E-state index contributed by atoms with van der Waals surface area (Å²) >= 11 is 5.89. The number of hydrogen-bond donors (Lipinski definition) is 3. The van der Waals surface area contributed by atoms with Gasteiger partial charge in [-0.25, -0.2) is 0 Å². The molecule has 2 heterocycles. The van der Waals surface area contributed by atoms with Crippen molar-refractivity contribution < 1.29 is 19.8 Å². The van der Waals surface area contributed by atoms with Crippen molar-refractivity contribution in [2.24, 2.45) is 5.41 Å². The molecule has 1 fully saturated rings. The molecule has 3 rings (SSSR count). The monoisotopic (exact) mass is 391 g/mol. The summed E-state index contributed by atoms with van der Waals surface area (Å²) in [5.74, 6) is -1.39. The lowest BCUT2D eigenvalue weighted by Gasteiger charge is -2.43. The average Bonchev–Trinajstić information content (AvgIpc) is 3.13. The average molecular weight is 392 g/mol. The lowest BCUT2D eigenvalue weighted by molar-refractivity contribution is -0.162. The number of carboxylic acids is 1. The quantitative estimate of drug-likeness (QED) is 0.726. The molecule has 0 unspecified atom stereocenters. The first-order chi connectivity index (χ1) is 12.9. The van der Waals surface area contributed by atoms with Gasteiger partial charge in [0.25, 0.3) is 5.91 Å². The topological polar surface area (TPSA) is 107 Å². The Balaban J connectivity index is 1.81. The molecule has 144 valence electrons. The van der Waals surface area contributed by atoms with E-state index < -0.39 is 17.5 Å². The highest BCUT2D eigenvalue weighted by Gasteiger charge is 2.49. The molecule has 2 atom stereocenters. The molecule has 0 saturated carbocycles. The Morgan fingerprint density at radius 1 is 1.37 bits per heavy atom. The van der Waals surface area contributed by atoms with Gasteiger partial charge in [0, 0.05) is 23.7 Å². The summed E-state index contributed by atoms with van der Waals surface area (Å²) in [5.41, 5.74) is 0.369. The molecule has 27 heavy (non-hydrogen) atoms. The van der Waals surface area contributed by atoms with Crippen molar-refractivity contribution in [3.63, 3.8) is 0 Å². The Morgan fingerprint density at radius 2 is 2.07 bits per heavy atom. The summed E-state index contributed by atoms with van der Waals surface area (Å²) in [4.78, 5) is 26.2. The van der Waals surface area contributed by atoms with Gasteiger partial charge >= 0.3 is 5.97 Å². The Labute approximate surface area is 162 Å². The van der Waals surface area contributed by atoms with Crippen LogP contribution in [0.2, 0.25) is 5.02 Å². The molecule has 7 nitrogen and oxygen atoms in total. The maximum absolute atomic E-state index is 12.9. The number of carbonyl (C=O) groups excluding carboxylic acids is 1. The van der Waals surface area contributed by atoms with Gasteiger partial charge in [0.15, 0.2) is 0 Å². The minimum absolute atomic E-state index is 0.0223. The lowest BCUT2D eigenvalue weighted by atomic mass is 9.74. The summed E-state index contributed by atoms with van der Waals surface area (Å²) in [6.45, 7) is 2.14. The van der Waals surface area contributed by atoms with E-state index in [1.807, 2.05) is 6.92 Å². The molecule has 2 aromatic rings. The standard InChI is InChI=1S/C19H22ClN3O4/c1-2-8-19(18(26)27)11-23(9-7-16(19)24)17(25)15-10-14(21-22-15)12-3-5-13(20)6-4-12/h3-6,10,16,24H,2,7-9,11H2,1H3,(H,21,22)(H,26,27)/t16-,19+/m0/s1. The van der Waals surface area contributed by atoms with Crippen LogP contribution < -0.4 is 0 Å². The zero-order valence-corrected chi connectivity index (χ0v) is 15.7. The van der Waals surface area contributed by atoms with Crippen molar-refractivity contribution >= 4 is 23.5 Å². The van der Waals surface area contributed by atoms with Crippen LogP contribution in [0.15, 0.2) is 30.3 Å². The van der Waals surface area contributed by atoms with Gasteiger partial charge in [-0.1, -0.05) is 37.1 Å². The van der Waals surface area contributed by atoms with Gasteiger partial charge in [0.05, 0.1) is 11.8 Å². The van der Waals surface area contributed by atoms with E-state index in [0.717, 1.165) is 5.56 Å². The van der Waals surface area contributed by atoms with Crippen LogP contribution in [0.3, 0.4) is 0 Å². The number of carboxylic acid groups (broad SMARTS) is 1. The first-order valence-electron chi connectivity index (χ1n) is 8.89. The molecular formula is C19H22ClN3O4. The number of likely N-dealkylation sites (tertiary alicyclic amines) is 1. The van der Waals surface area contributed by atoms with Gasteiger partial charge in [-0.05, 0) is 31.0 Å². The zero-order chi connectivity index (χ0) is 19.6. The fourth-order valence-electron chi connectivity index (χ4n) is 3.63. The molecular weight excluding hydrogens is 370 g/mol. The van der Waals surface area contributed by atoms with Crippen molar-refractivity contribution in [1.82, 2.24) is 15.1 Å². The normalized spacial score (nSPS) is 22.6. The number of aliphatic carboxylic acids is 1. The number of rotatable bonds is 5. The van der Waals surface area contributed by atoms with Crippen molar-refractivity contribution in [3.05, 3.63) is 41.0 Å². The molecule has 1 amide bonds. The van der Waals surface area contributed by atoms with Gasteiger partial charge in [0.2, 0.25) is 0 Å². The molecule has 0 aliphatic carbocycles. The molecule has 0 radical (unpaired) electrons. The van der Waals surface area contributed by atoms with Gasteiger partial charge in [-0.15, -0.1) is 0 Å². The summed E-state index contributed by atoms with van der Waals surface area (Å²) < 4.78 is 0. The van der Waals surface area contributed by atoms with E-state index in [4.69, 9.17) is 11.6 Å². The van der Waals surface area contributed by atoms with Crippen LogP contribution in [0.4, 0.5) is 0 Å². The second-order valence-corrected chi connectivity index (χ2v) is 7.35. The predicted octanol–water partition coefficient (Wildman–Crippen LogP) is 2.81. The third kappa shape index (κ3) is 3.70. The zero-order valence-electron chi connectivity index (χ0n) is 15.0. The van der Waals surface area contributed by atoms with E-state index in [-0.39, 0.29) is 24.6 Å². The number of hydrogen-bond acceptors (Lipinski definition) is 4. The molecule has 0 spiro atoms. The fraction of sp³-hybridized carbons (Fsp3) is 0.421. The Bertz CT molecular complexity index is 836. The Morgan fingerprint density at radius 3 is 2.70 bits per heavy atom. The summed E-state index contributed by atoms with van der Waals surface area (Å²) in [5, 5.41) is 27.5. The van der Waals surface area contributed by atoms with Crippen LogP contribution in [0.25, 0.3) is 11.3 Å². The minimum atomic E-state index is -1.33. The van der Waals surface area contributed by atoms with Crippen LogP contribution in [0.5, 0.6) is 0 Å². The van der Waals surface area contributed by atoms with Crippen LogP contribution in [-0.2, 0) is 4.79 Å². The summed E-state index contributed by atoms with van der Waals surface area (Å²) in [6.07, 6.45) is 0.184. The maximum atomic E-state index is 12.9. The van der Waals surface area contributed by atoms with Crippen LogP contribution >= 0.6 is 11.6 Å². The molecule has 1 aliphatic rings. The minimum Gasteiger partial charge on any atom is -0.481 e. The second kappa shape index (κ2) is 7.70. The van der Waals surface area contributed by atoms with E-state index in [2.05, 4.69) is 10.2 Å². The summed E-state index contributed by atoms with van der Waals surface area (Å²) in [6, 6.07) is 8.73. The van der Waals surface area contributed by atoms with Crippen molar-refractivity contribution in [2.75, 3.05) is 13.1 Å². The number of aromatic nitrogens is 2. The smallest absolute Gasteiger partial charge is 0.314 e. The number of piperidine rings is 1. The molecule has 1 aromatic carbocycles. The Kier molecular flexibility index (Phi) is 5.53. The van der Waals surface area contributed by atoms with Crippen LogP contribution in [0.1, 0.15) is 36.7 Å². The molecule has 1 aliphatic heterocycles. The third-order valence-electron chi connectivity index (χ3n) is 5.14. The highest BCUT2D eigenvalue weighted by molar-refractivity contribution is 6.30. The van der Waals surface area contributed by atoms with Gasteiger partial charge in [-0.3, -0.25) is 14.7 Å². The van der Waals surface area contributed by atoms with Crippen molar-refractivity contribution in [3.8, 4) is 11.3 Å². The number of H-pyrrole nitrogens is 1. The lowest BCUT2D eigenvalue weighted by Crippen LogP contribution is -2.57. The van der Waals surface area contributed by atoms with E-state index in [9.17, 15) is 19.8 Å². The number of halogens is 1. The molecule has 8 heteroatoms. The molecule has 3 N–H and O–H groups in total. The molecule has 1 aromatic heterocycles. The maximum Gasteiger partial charge on any atom is 0.314 e. The number of aromatic amines is 1. The van der Waals surface area contributed by atoms with E-state index >= 15 is 0 Å². The Hall–Kier alpha value is -2.38. The number of amides is 1. The second-order valence-electron chi connectivity index (χ2n) is 6.92. The van der Waals surface area contributed by atoms with Crippen LogP contribution in [0, 0.1) is 5.41 Å². The first-order valence-corrected chi connectivity index (χ1v) is 9.27. The first kappa shape index (κ1) is 19.4.